The quantitative estimate of drug-likeness (QED) is 0.859. The van der Waals surface area contributed by atoms with Crippen LogP contribution in [0, 0.1) is 11.6 Å². The molecule has 0 unspecified atom stereocenters. The largest absolute Gasteiger partial charge is 0.341 e. The second-order valence-corrected chi connectivity index (χ2v) is 5.15. The van der Waals surface area contributed by atoms with Gasteiger partial charge in [0.2, 0.25) is 11.8 Å². The average molecular weight is 296 g/mol. The number of amides is 2. The summed E-state index contributed by atoms with van der Waals surface area (Å²) in [5.74, 6) is -2.57. The molecule has 1 aliphatic heterocycles. The van der Waals surface area contributed by atoms with Crippen molar-refractivity contribution in [2.75, 3.05) is 24.5 Å². The van der Waals surface area contributed by atoms with Crippen LogP contribution < -0.4 is 4.90 Å². The van der Waals surface area contributed by atoms with Gasteiger partial charge in [-0.15, -0.1) is 0 Å². The Hall–Kier alpha value is -1.98. The highest BCUT2D eigenvalue weighted by atomic mass is 19.2. The van der Waals surface area contributed by atoms with Crippen LogP contribution in [-0.2, 0) is 9.59 Å². The van der Waals surface area contributed by atoms with Crippen molar-refractivity contribution in [3.8, 4) is 0 Å². The van der Waals surface area contributed by atoms with Crippen LogP contribution >= 0.6 is 0 Å². The van der Waals surface area contributed by atoms with Crippen LogP contribution in [0.25, 0.3) is 0 Å². The first-order valence-electron chi connectivity index (χ1n) is 7.00. The van der Waals surface area contributed by atoms with Gasteiger partial charge < -0.3 is 9.80 Å². The van der Waals surface area contributed by atoms with Crippen LogP contribution in [0.4, 0.5) is 14.5 Å². The van der Waals surface area contributed by atoms with Crippen LogP contribution in [0.15, 0.2) is 18.2 Å². The highest BCUT2D eigenvalue weighted by Crippen LogP contribution is 2.19. The molecule has 1 saturated heterocycles. The molecule has 0 radical (unpaired) electrons. The minimum absolute atomic E-state index is 0.152. The van der Waals surface area contributed by atoms with E-state index in [1.807, 2.05) is 0 Å². The Balaban J connectivity index is 2.13. The van der Waals surface area contributed by atoms with E-state index in [0.29, 0.717) is 13.1 Å². The molecule has 6 heteroatoms. The fraction of sp³-hybridized carbons (Fsp3) is 0.467. The molecular weight excluding hydrogens is 278 g/mol. The van der Waals surface area contributed by atoms with Crippen molar-refractivity contribution in [2.24, 2.45) is 0 Å². The van der Waals surface area contributed by atoms with Crippen molar-refractivity contribution in [1.29, 1.82) is 0 Å². The van der Waals surface area contributed by atoms with Crippen molar-refractivity contribution in [1.82, 2.24) is 4.90 Å². The molecule has 1 aromatic carbocycles. The van der Waals surface area contributed by atoms with Gasteiger partial charge in [-0.2, -0.15) is 0 Å². The number of halogens is 2. The average Bonchev–Trinajstić information content (AvgIpc) is 2.48. The first-order valence-corrected chi connectivity index (χ1v) is 7.00. The lowest BCUT2D eigenvalue weighted by molar-refractivity contribution is -0.132. The molecule has 0 N–H and O–H groups in total. The number of nitrogens with zero attached hydrogens (tertiary/aromatic N) is 2. The number of rotatable bonds is 3. The fourth-order valence-corrected chi connectivity index (χ4v) is 2.42. The Morgan fingerprint density at radius 1 is 1.14 bits per heavy atom. The summed E-state index contributed by atoms with van der Waals surface area (Å²) < 4.78 is 26.2. The van der Waals surface area contributed by atoms with Gasteiger partial charge in [-0.05, 0) is 31.4 Å². The normalized spacial score (nSPS) is 14.9. The maximum atomic E-state index is 13.3. The number of anilines is 1. The zero-order valence-electron chi connectivity index (χ0n) is 11.9. The summed E-state index contributed by atoms with van der Waals surface area (Å²) in [4.78, 5) is 26.8. The number of carbonyl (C=O) groups is 2. The Morgan fingerprint density at radius 2 is 1.81 bits per heavy atom. The van der Waals surface area contributed by atoms with Gasteiger partial charge in [0.1, 0.15) is 6.54 Å². The van der Waals surface area contributed by atoms with E-state index in [1.165, 1.54) is 17.9 Å². The smallest absolute Gasteiger partial charge is 0.242 e. The molecule has 0 aromatic heterocycles. The zero-order chi connectivity index (χ0) is 15.4. The van der Waals surface area contributed by atoms with E-state index in [0.717, 1.165) is 31.4 Å². The SMILES string of the molecule is CC(=O)N(CC(=O)N1CCCCC1)c1ccc(F)c(F)c1. The number of hydrogen-bond donors (Lipinski definition) is 0. The van der Waals surface area contributed by atoms with Crippen molar-refractivity contribution >= 4 is 17.5 Å². The van der Waals surface area contributed by atoms with Crippen LogP contribution in [0.3, 0.4) is 0 Å². The van der Waals surface area contributed by atoms with Gasteiger partial charge in [0.15, 0.2) is 11.6 Å². The summed E-state index contributed by atoms with van der Waals surface area (Å²) in [6, 6.07) is 3.18. The second kappa shape index (κ2) is 6.65. The Morgan fingerprint density at radius 3 is 2.38 bits per heavy atom. The zero-order valence-corrected chi connectivity index (χ0v) is 11.9. The number of benzene rings is 1. The molecule has 1 fully saturated rings. The standard InChI is InChI=1S/C15H18F2N2O2/c1-11(20)19(12-5-6-13(16)14(17)9-12)10-15(21)18-7-3-2-4-8-18/h5-6,9H,2-4,7-8,10H2,1H3. The van der Waals surface area contributed by atoms with Crippen molar-refractivity contribution in [3.05, 3.63) is 29.8 Å². The number of piperidine rings is 1. The Labute approximate surface area is 122 Å². The molecule has 21 heavy (non-hydrogen) atoms. The molecule has 0 saturated carbocycles. The molecule has 2 rings (SSSR count). The topological polar surface area (TPSA) is 40.6 Å². The fourth-order valence-electron chi connectivity index (χ4n) is 2.42. The van der Waals surface area contributed by atoms with E-state index < -0.39 is 11.6 Å². The van der Waals surface area contributed by atoms with Gasteiger partial charge in [-0.3, -0.25) is 9.59 Å². The van der Waals surface area contributed by atoms with E-state index in [4.69, 9.17) is 0 Å². The second-order valence-electron chi connectivity index (χ2n) is 5.15. The summed E-state index contributed by atoms with van der Waals surface area (Å²) in [5, 5.41) is 0. The van der Waals surface area contributed by atoms with E-state index >= 15 is 0 Å². The van der Waals surface area contributed by atoms with Gasteiger partial charge in [0, 0.05) is 31.8 Å². The maximum Gasteiger partial charge on any atom is 0.242 e. The highest BCUT2D eigenvalue weighted by Gasteiger charge is 2.22. The molecule has 0 spiro atoms. The van der Waals surface area contributed by atoms with Crippen LogP contribution in [0.2, 0.25) is 0 Å². The van der Waals surface area contributed by atoms with E-state index in [1.54, 1.807) is 4.90 Å². The summed E-state index contributed by atoms with van der Waals surface area (Å²) in [5.41, 5.74) is 0.187. The molecule has 1 heterocycles. The molecule has 114 valence electrons. The number of likely N-dealkylation sites (tertiary alicyclic amines) is 1. The minimum atomic E-state index is -1.04. The summed E-state index contributed by atoms with van der Waals surface area (Å²) in [6.45, 7) is 2.51. The summed E-state index contributed by atoms with van der Waals surface area (Å²) in [7, 11) is 0. The predicted molar refractivity (Wildman–Crippen MR) is 74.8 cm³/mol. The Kier molecular flexibility index (Phi) is 4.88. The van der Waals surface area contributed by atoms with Crippen molar-refractivity contribution in [2.45, 2.75) is 26.2 Å². The van der Waals surface area contributed by atoms with Gasteiger partial charge >= 0.3 is 0 Å². The molecule has 0 bridgehead atoms. The van der Waals surface area contributed by atoms with Crippen LogP contribution in [0.1, 0.15) is 26.2 Å². The van der Waals surface area contributed by atoms with Gasteiger partial charge in [0.05, 0.1) is 0 Å². The third kappa shape index (κ3) is 3.77. The van der Waals surface area contributed by atoms with Gasteiger partial charge in [0.25, 0.3) is 0 Å². The van der Waals surface area contributed by atoms with E-state index in [2.05, 4.69) is 0 Å². The van der Waals surface area contributed by atoms with E-state index in [9.17, 15) is 18.4 Å². The van der Waals surface area contributed by atoms with Gasteiger partial charge in [-0.25, -0.2) is 8.78 Å². The molecule has 0 aliphatic carbocycles. The third-order valence-corrected chi connectivity index (χ3v) is 3.60. The molecule has 2 amide bonds. The summed E-state index contributed by atoms with van der Waals surface area (Å²) in [6.07, 6.45) is 3.01. The first kappa shape index (κ1) is 15.4. The molecule has 1 aromatic rings. The first-order chi connectivity index (χ1) is 9.99. The molecule has 0 atom stereocenters. The van der Waals surface area contributed by atoms with Crippen LogP contribution in [0.5, 0.6) is 0 Å². The predicted octanol–water partition coefficient (Wildman–Crippen LogP) is 2.33. The van der Waals surface area contributed by atoms with Crippen molar-refractivity contribution < 1.29 is 18.4 Å². The van der Waals surface area contributed by atoms with Crippen LogP contribution in [-0.4, -0.2) is 36.3 Å². The number of carbonyl (C=O) groups excluding carboxylic acids is 2. The van der Waals surface area contributed by atoms with E-state index in [-0.39, 0.29) is 24.0 Å². The molecular formula is C15H18F2N2O2. The number of hydrogen-bond acceptors (Lipinski definition) is 2. The van der Waals surface area contributed by atoms with Crippen molar-refractivity contribution in [3.63, 3.8) is 0 Å². The molecule has 4 nitrogen and oxygen atoms in total. The minimum Gasteiger partial charge on any atom is -0.341 e. The molecule has 1 aliphatic rings. The lowest BCUT2D eigenvalue weighted by atomic mass is 10.1. The third-order valence-electron chi connectivity index (χ3n) is 3.60. The van der Waals surface area contributed by atoms with Gasteiger partial charge in [-0.1, -0.05) is 0 Å². The lowest BCUT2D eigenvalue weighted by Gasteiger charge is -2.29. The lowest BCUT2D eigenvalue weighted by Crippen LogP contribution is -2.44. The monoisotopic (exact) mass is 296 g/mol. The summed E-state index contributed by atoms with van der Waals surface area (Å²) >= 11 is 0. The Bertz CT molecular complexity index is 542. The highest BCUT2D eigenvalue weighted by molar-refractivity contribution is 5.97. The maximum absolute atomic E-state index is 13.3.